The summed E-state index contributed by atoms with van der Waals surface area (Å²) in [4.78, 5) is 37.4. The van der Waals surface area contributed by atoms with Gasteiger partial charge in [0.2, 0.25) is 0 Å². The fourth-order valence-corrected chi connectivity index (χ4v) is 2.30. The maximum absolute atomic E-state index is 12.5. The summed E-state index contributed by atoms with van der Waals surface area (Å²) in [6.45, 7) is 10.2. The molecule has 0 radical (unpaired) electrons. The fraction of sp³-hybridized carbons (Fsp3) is 0.550. The average Bonchev–Trinajstić information content (AvgIpc) is 2.49. The zero-order valence-corrected chi connectivity index (χ0v) is 16.9. The molecular formula is C20H30N2O5. The largest absolute Gasteiger partial charge is 0.443 e. The van der Waals surface area contributed by atoms with Crippen molar-refractivity contribution >= 4 is 24.2 Å². The molecule has 0 bridgehead atoms. The summed E-state index contributed by atoms with van der Waals surface area (Å²) in [7, 11) is 0. The van der Waals surface area contributed by atoms with E-state index in [2.05, 4.69) is 0 Å². The van der Waals surface area contributed by atoms with Crippen molar-refractivity contribution in [3.05, 3.63) is 29.8 Å². The molecule has 0 aliphatic carbocycles. The van der Waals surface area contributed by atoms with Gasteiger partial charge in [0.25, 0.3) is 0 Å². The Morgan fingerprint density at radius 3 is 1.93 bits per heavy atom. The van der Waals surface area contributed by atoms with Crippen LogP contribution in [0.5, 0.6) is 0 Å². The van der Waals surface area contributed by atoms with Gasteiger partial charge in [-0.15, -0.1) is 0 Å². The summed E-state index contributed by atoms with van der Waals surface area (Å²) in [5.74, 6) is -0.557. The first-order valence-electron chi connectivity index (χ1n) is 8.87. The van der Waals surface area contributed by atoms with E-state index >= 15 is 0 Å². The summed E-state index contributed by atoms with van der Waals surface area (Å²) in [6, 6.07) is 7.00. The Balaban J connectivity index is 2.98. The minimum absolute atomic E-state index is 0.0401. The number of para-hydroxylation sites is 1. The van der Waals surface area contributed by atoms with Gasteiger partial charge >= 0.3 is 12.2 Å². The van der Waals surface area contributed by atoms with Crippen molar-refractivity contribution in [1.29, 1.82) is 0 Å². The highest BCUT2D eigenvalue weighted by molar-refractivity contribution is 5.88. The van der Waals surface area contributed by atoms with Gasteiger partial charge in [-0.3, -0.25) is 0 Å². The Labute approximate surface area is 160 Å². The van der Waals surface area contributed by atoms with Crippen LogP contribution in [0.1, 0.15) is 59.4 Å². The number of imide groups is 1. The normalized spacial score (nSPS) is 12.8. The summed E-state index contributed by atoms with van der Waals surface area (Å²) in [6.07, 6.45) is -0.672. The van der Waals surface area contributed by atoms with E-state index in [0.29, 0.717) is 11.3 Å². The maximum Gasteiger partial charge on any atom is 0.419 e. The summed E-state index contributed by atoms with van der Waals surface area (Å²) in [5.41, 5.74) is 5.52. The predicted octanol–water partition coefficient (Wildman–Crippen LogP) is 4.11. The molecule has 0 aliphatic rings. The molecule has 2 amide bonds. The lowest BCUT2D eigenvalue weighted by Crippen LogP contribution is -2.44. The second-order valence-electron chi connectivity index (χ2n) is 8.27. The molecule has 0 heterocycles. The first-order chi connectivity index (χ1) is 12.3. The summed E-state index contributed by atoms with van der Waals surface area (Å²) in [5, 5.41) is 0. The lowest BCUT2D eigenvalue weighted by atomic mass is 9.95. The first kappa shape index (κ1) is 22.5. The van der Waals surface area contributed by atoms with Gasteiger partial charge in [0, 0.05) is 18.2 Å². The van der Waals surface area contributed by atoms with Gasteiger partial charge in [0.1, 0.15) is 17.5 Å². The molecule has 0 saturated carbocycles. The second kappa shape index (κ2) is 8.88. The quantitative estimate of drug-likeness (QED) is 0.611. The standard InChI is InChI=1S/C20H30N2O5/c1-19(2,3)26-17(24)22(18(25)27-20(4,5)6)12-11-14(13-23)15-9-7-8-10-16(15)21/h7-10,13-14H,11-12,21H2,1-6H3. The molecule has 1 unspecified atom stereocenters. The number of carbonyl (C=O) groups is 3. The number of aldehydes is 1. The van der Waals surface area contributed by atoms with Gasteiger partial charge in [0.15, 0.2) is 0 Å². The molecule has 0 saturated heterocycles. The zero-order valence-electron chi connectivity index (χ0n) is 16.9. The second-order valence-corrected chi connectivity index (χ2v) is 8.27. The Hall–Kier alpha value is -2.57. The number of nitrogens with two attached hydrogens (primary N) is 1. The van der Waals surface area contributed by atoms with E-state index in [-0.39, 0.29) is 13.0 Å². The maximum atomic E-state index is 12.5. The predicted molar refractivity (Wildman–Crippen MR) is 103 cm³/mol. The van der Waals surface area contributed by atoms with Crippen molar-refractivity contribution in [2.75, 3.05) is 12.3 Å². The molecule has 27 heavy (non-hydrogen) atoms. The third kappa shape index (κ3) is 7.68. The van der Waals surface area contributed by atoms with Crippen molar-refractivity contribution in [2.45, 2.75) is 65.1 Å². The van der Waals surface area contributed by atoms with Gasteiger partial charge in [0.05, 0.1) is 0 Å². The van der Waals surface area contributed by atoms with Crippen molar-refractivity contribution in [3.63, 3.8) is 0 Å². The van der Waals surface area contributed by atoms with Crippen LogP contribution in [-0.2, 0) is 14.3 Å². The number of rotatable bonds is 5. The summed E-state index contributed by atoms with van der Waals surface area (Å²) >= 11 is 0. The van der Waals surface area contributed by atoms with Crippen LogP contribution in [0.2, 0.25) is 0 Å². The molecule has 0 aliphatic heterocycles. The SMILES string of the molecule is CC(C)(C)OC(=O)N(CCC(C=O)c1ccccc1N)C(=O)OC(C)(C)C. The highest BCUT2D eigenvalue weighted by atomic mass is 16.6. The van der Waals surface area contributed by atoms with E-state index < -0.39 is 29.3 Å². The van der Waals surface area contributed by atoms with Gasteiger partial charge < -0.3 is 20.0 Å². The van der Waals surface area contributed by atoms with Crippen LogP contribution in [0.25, 0.3) is 0 Å². The molecule has 7 nitrogen and oxygen atoms in total. The Bertz CT molecular complexity index is 646. The highest BCUT2D eigenvalue weighted by Crippen LogP contribution is 2.24. The Morgan fingerprint density at radius 1 is 1.04 bits per heavy atom. The van der Waals surface area contributed by atoms with Crippen LogP contribution >= 0.6 is 0 Å². The molecule has 1 aromatic rings. The molecule has 0 aromatic heterocycles. The number of anilines is 1. The molecule has 150 valence electrons. The van der Waals surface area contributed by atoms with E-state index in [1.807, 2.05) is 0 Å². The Morgan fingerprint density at radius 2 is 1.52 bits per heavy atom. The molecule has 1 atom stereocenters. The molecular weight excluding hydrogens is 348 g/mol. The third-order valence-electron chi connectivity index (χ3n) is 3.45. The van der Waals surface area contributed by atoms with E-state index in [1.54, 1.807) is 65.8 Å². The number of ether oxygens (including phenoxy) is 2. The monoisotopic (exact) mass is 378 g/mol. The summed E-state index contributed by atoms with van der Waals surface area (Å²) < 4.78 is 10.6. The van der Waals surface area contributed by atoms with Crippen LogP contribution in [0.3, 0.4) is 0 Å². The molecule has 7 heteroatoms. The number of hydrogen-bond donors (Lipinski definition) is 1. The van der Waals surface area contributed by atoms with Gasteiger partial charge in [-0.1, -0.05) is 18.2 Å². The molecule has 1 rings (SSSR count). The van der Waals surface area contributed by atoms with Crippen molar-refractivity contribution < 1.29 is 23.9 Å². The Kier molecular flexibility index (Phi) is 7.39. The number of benzene rings is 1. The van der Waals surface area contributed by atoms with Crippen LogP contribution < -0.4 is 5.73 Å². The minimum Gasteiger partial charge on any atom is -0.443 e. The van der Waals surface area contributed by atoms with E-state index in [0.717, 1.165) is 11.2 Å². The lowest BCUT2D eigenvalue weighted by molar-refractivity contribution is -0.109. The van der Waals surface area contributed by atoms with Crippen LogP contribution in [0.15, 0.2) is 24.3 Å². The van der Waals surface area contributed by atoms with E-state index in [9.17, 15) is 14.4 Å². The van der Waals surface area contributed by atoms with Gasteiger partial charge in [-0.2, -0.15) is 0 Å². The lowest BCUT2D eigenvalue weighted by Gasteiger charge is -2.29. The zero-order chi connectivity index (χ0) is 20.8. The third-order valence-corrected chi connectivity index (χ3v) is 3.45. The van der Waals surface area contributed by atoms with Crippen molar-refractivity contribution in [3.8, 4) is 0 Å². The van der Waals surface area contributed by atoms with Crippen LogP contribution in [0.4, 0.5) is 15.3 Å². The minimum atomic E-state index is -0.817. The average molecular weight is 378 g/mol. The molecule has 1 aromatic carbocycles. The van der Waals surface area contributed by atoms with Crippen molar-refractivity contribution in [1.82, 2.24) is 4.90 Å². The van der Waals surface area contributed by atoms with E-state index in [4.69, 9.17) is 15.2 Å². The molecule has 2 N–H and O–H groups in total. The van der Waals surface area contributed by atoms with Crippen LogP contribution in [0, 0.1) is 0 Å². The fourth-order valence-electron chi connectivity index (χ4n) is 2.30. The number of nitrogens with zero attached hydrogens (tertiary/aromatic N) is 1. The van der Waals surface area contributed by atoms with Gasteiger partial charge in [-0.05, 0) is 59.6 Å². The molecule has 0 fully saturated rings. The number of carbonyl (C=O) groups excluding carboxylic acids is 3. The number of nitrogen functional groups attached to an aromatic ring is 1. The van der Waals surface area contributed by atoms with Gasteiger partial charge in [-0.25, -0.2) is 14.5 Å². The first-order valence-corrected chi connectivity index (χ1v) is 8.87. The number of hydrogen-bond acceptors (Lipinski definition) is 6. The molecule has 0 spiro atoms. The smallest absolute Gasteiger partial charge is 0.419 e. The topological polar surface area (TPSA) is 98.9 Å². The number of amides is 2. The van der Waals surface area contributed by atoms with Crippen molar-refractivity contribution in [2.24, 2.45) is 0 Å². The van der Waals surface area contributed by atoms with E-state index in [1.165, 1.54) is 0 Å². The highest BCUT2D eigenvalue weighted by Gasteiger charge is 2.31. The van der Waals surface area contributed by atoms with Crippen LogP contribution in [-0.4, -0.2) is 41.1 Å².